The van der Waals surface area contributed by atoms with Gasteiger partial charge in [-0.1, -0.05) is 29.9 Å². The molecule has 0 amide bonds. The number of Topliss-reactive ketones (excluding diaryl/α,β-unsaturated/α-hetero) is 1. The van der Waals surface area contributed by atoms with Crippen LogP contribution in [0.3, 0.4) is 0 Å². The molecule has 0 aromatic carbocycles. The second-order valence-corrected chi connectivity index (χ2v) is 8.20. The Labute approximate surface area is 113 Å². The Hall–Kier alpha value is 0.0700. The standard InChI is InChI=1S/C13H21NOS2/c1-10(15)9-13(14-7-5-4-6-8-14)16-11(2)12(3)17-13/h4-9H2,1-3H3. The Morgan fingerprint density at radius 1 is 1.18 bits per heavy atom. The molecule has 4 heteroatoms. The molecule has 0 atom stereocenters. The topological polar surface area (TPSA) is 20.3 Å². The first-order valence-electron chi connectivity index (χ1n) is 6.33. The lowest BCUT2D eigenvalue weighted by atomic mass is 10.1. The van der Waals surface area contributed by atoms with Crippen LogP contribution < -0.4 is 0 Å². The molecule has 1 saturated heterocycles. The van der Waals surface area contributed by atoms with E-state index in [2.05, 4.69) is 18.7 Å². The van der Waals surface area contributed by atoms with Crippen molar-refractivity contribution in [3.05, 3.63) is 9.81 Å². The second kappa shape index (κ2) is 5.37. The highest BCUT2D eigenvalue weighted by Gasteiger charge is 2.44. The number of hydrogen-bond donors (Lipinski definition) is 0. The Balaban J connectivity index is 2.16. The summed E-state index contributed by atoms with van der Waals surface area (Å²) < 4.78 is -0.0274. The lowest BCUT2D eigenvalue weighted by molar-refractivity contribution is -0.117. The first kappa shape index (κ1) is 13.5. The maximum Gasteiger partial charge on any atom is 0.133 e. The maximum absolute atomic E-state index is 11.6. The van der Waals surface area contributed by atoms with Crippen LogP contribution in [0.2, 0.25) is 0 Å². The van der Waals surface area contributed by atoms with Gasteiger partial charge in [0.2, 0.25) is 0 Å². The third kappa shape index (κ3) is 2.91. The highest BCUT2D eigenvalue weighted by molar-refractivity contribution is 8.24. The zero-order valence-corrected chi connectivity index (χ0v) is 12.5. The molecule has 96 valence electrons. The quantitative estimate of drug-likeness (QED) is 0.777. The molecule has 17 heavy (non-hydrogen) atoms. The lowest BCUT2D eigenvalue weighted by Crippen LogP contribution is -2.46. The van der Waals surface area contributed by atoms with Gasteiger partial charge in [-0.15, -0.1) is 0 Å². The Bertz CT molecular complexity index is 331. The molecule has 2 aliphatic rings. The van der Waals surface area contributed by atoms with E-state index in [1.165, 1.54) is 29.1 Å². The molecule has 2 heterocycles. The summed E-state index contributed by atoms with van der Waals surface area (Å²) in [5.74, 6) is 0.304. The van der Waals surface area contributed by atoms with Crippen LogP contribution in [-0.4, -0.2) is 28.0 Å². The molecule has 2 nitrogen and oxygen atoms in total. The number of allylic oxidation sites excluding steroid dienone is 2. The first-order chi connectivity index (χ1) is 8.03. The average molecular weight is 271 g/mol. The molecular weight excluding hydrogens is 250 g/mol. The minimum absolute atomic E-state index is 0.0274. The van der Waals surface area contributed by atoms with E-state index in [0.717, 1.165) is 13.1 Å². The molecule has 0 spiro atoms. The van der Waals surface area contributed by atoms with Crippen molar-refractivity contribution in [2.45, 2.75) is 50.7 Å². The number of carbonyl (C=O) groups excluding carboxylic acids is 1. The fourth-order valence-electron chi connectivity index (χ4n) is 2.51. The number of nitrogens with zero attached hydrogens (tertiary/aromatic N) is 1. The van der Waals surface area contributed by atoms with Crippen LogP contribution in [0, 0.1) is 0 Å². The van der Waals surface area contributed by atoms with Gasteiger partial charge in [0.15, 0.2) is 0 Å². The van der Waals surface area contributed by atoms with Crippen LogP contribution in [0.1, 0.15) is 46.5 Å². The number of carbonyl (C=O) groups is 1. The number of likely N-dealkylation sites (tertiary alicyclic amines) is 1. The summed E-state index contributed by atoms with van der Waals surface area (Å²) >= 11 is 3.81. The van der Waals surface area contributed by atoms with Crippen molar-refractivity contribution < 1.29 is 4.79 Å². The Kier molecular flexibility index (Phi) is 4.26. The summed E-state index contributed by atoms with van der Waals surface area (Å²) in [6.45, 7) is 8.37. The van der Waals surface area contributed by atoms with Gasteiger partial charge in [-0.05, 0) is 43.4 Å². The number of thioether (sulfide) groups is 2. The van der Waals surface area contributed by atoms with Gasteiger partial charge in [-0.25, -0.2) is 0 Å². The summed E-state index contributed by atoms with van der Waals surface area (Å²) in [5, 5.41) is 0. The molecule has 1 fully saturated rings. The average Bonchev–Trinajstić information content (AvgIpc) is 2.56. The minimum atomic E-state index is -0.0274. The highest BCUT2D eigenvalue weighted by atomic mass is 32.2. The molecular formula is C13H21NOS2. The fraction of sp³-hybridized carbons (Fsp3) is 0.769. The van der Waals surface area contributed by atoms with Crippen LogP contribution in [0.25, 0.3) is 0 Å². The molecule has 0 saturated carbocycles. The summed E-state index contributed by atoms with van der Waals surface area (Å²) in [6, 6.07) is 0. The SMILES string of the molecule is CC(=O)CC1(N2CCCCC2)SC(C)=C(C)S1. The fourth-order valence-corrected chi connectivity index (χ4v) is 6.09. The zero-order chi connectivity index (χ0) is 12.5. The molecule has 0 N–H and O–H groups in total. The van der Waals surface area contributed by atoms with Crippen LogP contribution in [0.5, 0.6) is 0 Å². The van der Waals surface area contributed by atoms with Gasteiger partial charge < -0.3 is 0 Å². The van der Waals surface area contributed by atoms with Gasteiger partial charge >= 0.3 is 0 Å². The van der Waals surface area contributed by atoms with Crippen molar-refractivity contribution in [2.24, 2.45) is 0 Å². The number of hydrogen-bond acceptors (Lipinski definition) is 4. The normalized spacial score (nSPS) is 25.4. The van der Waals surface area contributed by atoms with E-state index in [1.54, 1.807) is 6.92 Å². The number of ketones is 1. The van der Waals surface area contributed by atoms with Gasteiger partial charge in [-0.2, -0.15) is 0 Å². The lowest BCUT2D eigenvalue weighted by Gasteiger charge is -2.41. The predicted octanol–water partition coefficient (Wildman–Crippen LogP) is 3.84. The molecule has 2 aliphatic heterocycles. The van der Waals surface area contributed by atoms with Crippen molar-refractivity contribution in [3.63, 3.8) is 0 Å². The largest absolute Gasteiger partial charge is 0.300 e. The van der Waals surface area contributed by atoms with E-state index in [0.29, 0.717) is 12.2 Å². The first-order valence-corrected chi connectivity index (χ1v) is 7.97. The van der Waals surface area contributed by atoms with Crippen LogP contribution in [0.4, 0.5) is 0 Å². The molecule has 0 unspecified atom stereocenters. The van der Waals surface area contributed by atoms with E-state index in [1.807, 2.05) is 23.5 Å². The summed E-state index contributed by atoms with van der Waals surface area (Å²) in [7, 11) is 0. The van der Waals surface area contributed by atoms with Crippen molar-refractivity contribution >= 4 is 29.3 Å². The maximum atomic E-state index is 11.6. The van der Waals surface area contributed by atoms with E-state index < -0.39 is 0 Å². The molecule has 0 aliphatic carbocycles. The van der Waals surface area contributed by atoms with Gasteiger partial charge in [-0.3, -0.25) is 9.69 Å². The van der Waals surface area contributed by atoms with E-state index in [4.69, 9.17) is 0 Å². The van der Waals surface area contributed by atoms with Crippen LogP contribution >= 0.6 is 23.5 Å². The van der Waals surface area contributed by atoms with E-state index >= 15 is 0 Å². The van der Waals surface area contributed by atoms with Crippen molar-refractivity contribution in [1.82, 2.24) is 4.90 Å². The monoisotopic (exact) mass is 271 g/mol. The third-order valence-electron chi connectivity index (χ3n) is 3.43. The van der Waals surface area contributed by atoms with E-state index in [-0.39, 0.29) is 4.20 Å². The smallest absolute Gasteiger partial charge is 0.133 e. The number of piperidine rings is 1. The molecule has 0 aromatic rings. The Morgan fingerprint density at radius 3 is 2.18 bits per heavy atom. The Morgan fingerprint density at radius 2 is 1.71 bits per heavy atom. The minimum Gasteiger partial charge on any atom is -0.300 e. The van der Waals surface area contributed by atoms with Crippen LogP contribution in [-0.2, 0) is 4.79 Å². The molecule has 0 bridgehead atoms. The molecule has 0 aromatic heterocycles. The van der Waals surface area contributed by atoms with Crippen molar-refractivity contribution in [1.29, 1.82) is 0 Å². The third-order valence-corrected chi connectivity index (χ3v) is 6.73. The van der Waals surface area contributed by atoms with Crippen LogP contribution in [0.15, 0.2) is 9.81 Å². The molecule has 2 rings (SSSR count). The second-order valence-electron chi connectivity index (χ2n) is 4.96. The summed E-state index contributed by atoms with van der Waals surface area (Å²) in [4.78, 5) is 16.9. The van der Waals surface area contributed by atoms with Gasteiger partial charge in [0.1, 0.15) is 9.99 Å². The number of rotatable bonds is 3. The van der Waals surface area contributed by atoms with Gasteiger partial charge in [0, 0.05) is 19.5 Å². The van der Waals surface area contributed by atoms with Crippen molar-refractivity contribution in [3.8, 4) is 0 Å². The van der Waals surface area contributed by atoms with Gasteiger partial charge in [0.25, 0.3) is 0 Å². The highest BCUT2D eigenvalue weighted by Crippen LogP contribution is 2.57. The van der Waals surface area contributed by atoms with E-state index in [9.17, 15) is 4.79 Å². The van der Waals surface area contributed by atoms with Gasteiger partial charge in [0.05, 0.1) is 0 Å². The zero-order valence-electron chi connectivity index (χ0n) is 10.9. The summed E-state index contributed by atoms with van der Waals surface area (Å²) in [5.41, 5.74) is 0. The summed E-state index contributed by atoms with van der Waals surface area (Å²) in [6.07, 6.45) is 4.56. The predicted molar refractivity (Wildman–Crippen MR) is 77.0 cm³/mol. The molecule has 0 radical (unpaired) electrons. The van der Waals surface area contributed by atoms with Crippen molar-refractivity contribution in [2.75, 3.05) is 13.1 Å².